The number of hydrogen-bond acceptors (Lipinski definition) is 6. The maximum atomic E-state index is 11.7. The normalized spacial score (nSPS) is 10.7. The summed E-state index contributed by atoms with van der Waals surface area (Å²) in [5, 5.41) is 14.4. The van der Waals surface area contributed by atoms with Crippen molar-refractivity contribution >= 4 is 23.7 Å². The zero-order valence-electron chi connectivity index (χ0n) is 12.7. The number of carbonyl (C=O) groups excluding carboxylic acids is 1. The van der Waals surface area contributed by atoms with Gasteiger partial charge in [0.15, 0.2) is 5.88 Å². The van der Waals surface area contributed by atoms with Gasteiger partial charge in [-0.15, -0.1) is 0 Å². The minimum atomic E-state index is -0.487. The molecule has 1 aromatic heterocycles. The maximum Gasteiger partial charge on any atom is 0.269 e. The summed E-state index contributed by atoms with van der Waals surface area (Å²) in [4.78, 5) is 23.6. The molecule has 1 aromatic carbocycles. The van der Waals surface area contributed by atoms with Crippen LogP contribution in [0.2, 0.25) is 0 Å². The third-order valence-electron chi connectivity index (χ3n) is 2.95. The lowest BCUT2D eigenvalue weighted by Gasteiger charge is -2.05. The lowest BCUT2D eigenvalue weighted by Crippen LogP contribution is -2.19. The van der Waals surface area contributed by atoms with Crippen molar-refractivity contribution in [2.45, 2.75) is 6.42 Å². The van der Waals surface area contributed by atoms with Gasteiger partial charge in [0.25, 0.3) is 5.69 Å². The van der Waals surface area contributed by atoms with E-state index < -0.39 is 4.92 Å². The van der Waals surface area contributed by atoms with Crippen molar-refractivity contribution in [3.63, 3.8) is 0 Å². The first kappa shape index (κ1) is 16.2. The second-order valence-corrected chi connectivity index (χ2v) is 4.96. The van der Waals surface area contributed by atoms with E-state index in [1.54, 1.807) is 12.1 Å². The Labute approximate surface area is 132 Å². The number of benzene rings is 1. The summed E-state index contributed by atoms with van der Waals surface area (Å²) >= 11 is 0. The van der Waals surface area contributed by atoms with E-state index in [1.165, 1.54) is 30.5 Å². The van der Waals surface area contributed by atoms with Crippen molar-refractivity contribution in [3.05, 3.63) is 57.8 Å². The highest BCUT2D eigenvalue weighted by Gasteiger charge is 2.07. The second-order valence-electron chi connectivity index (χ2n) is 4.96. The first-order chi connectivity index (χ1) is 11.0. The minimum absolute atomic E-state index is 0.0123. The van der Waals surface area contributed by atoms with Gasteiger partial charge in [-0.1, -0.05) is 12.1 Å². The van der Waals surface area contributed by atoms with Crippen LogP contribution in [0.25, 0.3) is 0 Å². The average Bonchev–Trinajstić information content (AvgIpc) is 2.97. The molecule has 1 N–H and O–H groups in total. The number of nitro benzene ring substituents is 1. The Morgan fingerprint density at radius 1 is 1.30 bits per heavy atom. The van der Waals surface area contributed by atoms with Gasteiger partial charge in [0.05, 0.1) is 17.6 Å². The molecule has 0 spiro atoms. The van der Waals surface area contributed by atoms with Crippen molar-refractivity contribution < 1.29 is 14.1 Å². The summed E-state index contributed by atoms with van der Waals surface area (Å²) in [5.74, 6) is 0.877. The molecule has 0 bridgehead atoms. The van der Waals surface area contributed by atoms with E-state index in [1.807, 2.05) is 19.0 Å². The fraction of sp³-hybridized carbons (Fsp3) is 0.200. The van der Waals surface area contributed by atoms with E-state index in [4.69, 9.17) is 4.42 Å². The van der Waals surface area contributed by atoms with Gasteiger partial charge in [-0.05, 0) is 11.6 Å². The van der Waals surface area contributed by atoms with Crippen molar-refractivity contribution in [1.82, 2.24) is 5.43 Å². The standard InChI is InChI=1S/C15H16N4O4/c1-18(2)15-8-7-13(23-15)10-16-17-14(20)9-11-3-5-12(6-4-11)19(21)22/h3-8,10H,9H2,1-2H3,(H,17,20)/b16-10-. The van der Waals surface area contributed by atoms with E-state index in [9.17, 15) is 14.9 Å². The largest absolute Gasteiger partial charge is 0.440 e. The number of nitro groups is 1. The molecule has 0 radical (unpaired) electrons. The van der Waals surface area contributed by atoms with Gasteiger partial charge in [0.1, 0.15) is 5.76 Å². The molecular weight excluding hydrogens is 300 g/mol. The molecule has 0 unspecified atom stereocenters. The Morgan fingerprint density at radius 3 is 2.57 bits per heavy atom. The van der Waals surface area contributed by atoms with Crippen LogP contribution in [0.15, 0.2) is 45.9 Å². The third kappa shape index (κ3) is 4.67. The predicted molar refractivity (Wildman–Crippen MR) is 85.6 cm³/mol. The highest BCUT2D eigenvalue weighted by molar-refractivity contribution is 5.82. The van der Waals surface area contributed by atoms with Gasteiger partial charge in [-0.25, -0.2) is 5.43 Å². The van der Waals surface area contributed by atoms with Crippen LogP contribution in [-0.4, -0.2) is 31.1 Å². The highest BCUT2D eigenvalue weighted by Crippen LogP contribution is 2.14. The van der Waals surface area contributed by atoms with Crippen LogP contribution in [0.1, 0.15) is 11.3 Å². The topological polar surface area (TPSA) is 101 Å². The van der Waals surface area contributed by atoms with Crippen molar-refractivity contribution in [2.75, 3.05) is 19.0 Å². The number of amides is 1. The van der Waals surface area contributed by atoms with Gasteiger partial charge >= 0.3 is 0 Å². The van der Waals surface area contributed by atoms with Gasteiger partial charge in [-0.2, -0.15) is 5.10 Å². The van der Waals surface area contributed by atoms with E-state index >= 15 is 0 Å². The maximum absolute atomic E-state index is 11.7. The summed E-state index contributed by atoms with van der Waals surface area (Å²) < 4.78 is 5.44. The zero-order chi connectivity index (χ0) is 16.8. The quantitative estimate of drug-likeness (QED) is 0.498. The second kappa shape index (κ2) is 7.21. The van der Waals surface area contributed by atoms with Gasteiger partial charge in [0, 0.05) is 32.3 Å². The average molecular weight is 316 g/mol. The fourth-order valence-corrected chi connectivity index (χ4v) is 1.78. The molecule has 2 rings (SSSR count). The molecule has 1 heterocycles. The molecule has 1 amide bonds. The van der Waals surface area contributed by atoms with Crippen LogP contribution in [0, 0.1) is 10.1 Å². The number of nitrogens with one attached hydrogen (secondary N) is 1. The van der Waals surface area contributed by atoms with E-state index in [0.717, 1.165) is 0 Å². The van der Waals surface area contributed by atoms with E-state index in [0.29, 0.717) is 17.2 Å². The van der Waals surface area contributed by atoms with Crippen LogP contribution in [0.4, 0.5) is 11.6 Å². The van der Waals surface area contributed by atoms with Crippen LogP contribution in [0.3, 0.4) is 0 Å². The number of carbonyl (C=O) groups is 1. The smallest absolute Gasteiger partial charge is 0.269 e. The van der Waals surface area contributed by atoms with E-state index in [-0.39, 0.29) is 18.0 Å². The third-order valence-corrected chi connectivity index (χ3v) is 2.95. The molecule has 8 heteroatoms. The molecule has 0 aliphatic heterocycles. The lowest BCUT2D eigenvalue weighted by atomic mass is 10.1. The summed E-state index contributed by atoms with van der Waals surface area (Å²) in [7, 11) is 3.71. The Kier molecular flexibility index (Phi) is 5.08. The molecule has 120 valence electrons. The molecule has 8 nitrogen and oxygen atoms in total. The number of hydrogen-bond donors (Lipinski definition) is 1. The highest BCUT2D eigenvalue weighted by atomic mass is 16.6. The fourth-order valence-electron chi connectivity index (χ4n) is 1.78. The molecular formula is C15H16N4O4. The Morgan fingerprint density at radius 2 is 2.00 bits per heavy atom. The number of anilines is 1. The summed E-state index contributed by atoms with van der Waals surface area (Å²) in [6, 6.07) is 9.32. The minimum Gasteiger partial charge on any atom is -0.440 e. The van der Waals surface area contributed by atoms with Gasteiger partial charge < -0.3 is 9.32 Å². The lowest BCUT2D eigenvalue weighted by molar-refractivity contribution is -0.384. The Hall–Kier alpha value is -3.16. The van der Waals surface area contributed by atoms with Gasteiger partial charge in [-0.3, -0.25) is 14.9 Å². The Balaban J connectivity index is 1.86. The van der Waals surface area contributed by atoms with Gasteiger partial charge in [0.2, 0.25) is 5.91 Å². The number of non-ortho nitro benzene ring substituents is 1. The summed E-state index contributed by atoms with van der Waals surface area (Å²) in [5.41, 5.74) is 3.03. The number of furan rings is 1. The molecule has 0 fully saturated rings. The SMILES string of the molecule is CN(C)c1ccc(/C=N\NC(=O)Cc2ccc([N+](=O)[O-])cc2)o1. The van der Waals surface area contributed by atoms with Crippen molar-refractivity contribution in [3.8, 4) is 0 Å². The summed E-state index contributed by atoms with van der Waals surface area (Å²) in [6.45, 7) is 0. The monoisotopic (exact) mass is 316 g/mol. The molecule has 23 heavy (non-hydrogen) atoms. The first-order valence-electron chi connectivity index (χ1n) is 6.78. The van der Waals surface area contributed by atoms with E-state index in [2.05, 4.69) is 10.5 Å². The molecule has 2 aromatic rings. The molecule has 0 aliphatic carbocycles. The number of hydrazone groups is 1. The van der Waals surface area contributed by atoms with Crippen LogP contribution in [-0.2, 0) is 11.2 Å². The number of rotatable bonds is 6. The predicted octanol–water partition coefficient (Wildman–Crippen LogP) is 1.95. The molecule has 0 saturated carbocycles. The Bertz CT molecular complexity index is 719. The molecule has 0 aliphatic rings. The zero-order valence-corrected chi connectivity index (χ0v) is 12.7. The van der Waals surface area contributed by atoms with Crippen LogP contribution < -0.4 is 10.3 Å². The summed E-state index contributed by atoms with van der Waals surface area (Å²) in [6.07, 6.45) is 1.48. The number of nitrogens with zero attached hydrogens (tertiary/aromatic N) is 3. The van der Waals surface area contributed by atoms with Crippen LogP contribution >= 0.6 is 0 Å². The van der Waals surface area contributed by atoms with Crippen LogP contribution in [0.5, 0.6) is 0 Å². The van der Waals surface area contributed by atoms with Crippen molar-refractivity contribution in [1.29, 1.82) is 0 Å². The molecule has 0 saturated heterocycles. The first-order valence-corrected chi connectivity index (χ1v) is 6.78. The van der Waals surface area contributed by atoms with Crippen molar-refractivity contribution in [2.24, 2.45) is 5.10 Å². The molecule has 0 atom stereocenters.